The molecular formula is C8H29BF6NO3+. The highest BCUT2D eigenvalue weighted by Gasteiger charge is 2.16. The molecule has 4 nitrogen and oxygen atoms in total. The van der Waals surface area contributed by atoms with Crippen molar-refractivity contribution in [2.75, 3.05) is 26.2 Å². The van der Waals surface area contributed by atoms with E-state index in [1.165, 1.54) is 30.7 Å². The van der Waals surface area contributed by atoms with Crippen LogP contribution in [0.2, 0.25) is 0 Å². The summed E-state index contributed by atoms with van der Waals surface area (Å²) < 4.78 is 1.28. The minimum atomic E-state index is -2.17. The van der Waals surface area contributed by atoms with E-state index >= 15 is 0 Å². The lowest BCUT2D eigenvalue weighted by molar-refractivity contribution is -0.921. The molecule has 0 aliphatic carbocycles. The fourth-order valence-corrected chi connectivity index (χ4v) is 1.34. The van der Waals surface area contributed by atoms with Crippen LogP contribution in [0.15, 0.2) is 0 Å². The molecule has 0 atom stereocenters. The molecule has 0 amide bonds. The van der Waals surface area contributed by atoms with Crippen LogP contribution in [-0.4, -0.2) is 53.1 Å². The fraction of sp³-hybridized carbons (Fsp3) is 1.00. The van der Waals surface area contributed by atoms with Gasteiger partial charge in [0.25, 0.3) is 0 Å². The second-order valence-electron chi connectivity index (χ2n) is 2.95. The van der Waals surface area contributed by atoms with Crippen molar-refractivity contribution in [2.24, 2.45) is 0 Å². The molecule has 0 bridgehead atoms. The van der Waals surface area contributed by atoms with Gasteiger partial charge in [0.15, 0.2) is 0 Å². The zero-order chi connectivity index (χ0) is 10.9. The van der Waals surface area contributed by atoms with Gasteiger partial charge in [-0.1, -0.05) is 0 Å². The molecule has 0 aromatic carbocycles. The molecule has 0 spiro atoms. The molecule has 0 aliphatic heterocycles. The molecule has 128 valence electrons. The second kappa shape index (κ2) is 30.5. The Balaban J connectivity index is -0.0000000183. The summed E-state index contributed by atoms with van der Waals surface area (Å²) in [4.78, 5) is 0. The maximum absolute atomic E-state index is 7.17. The van der Waals surface area contributed by atoms with Gasteiger partial charge in [-0.3, -0.25) is 28.2 Å². The summed E-state index contributed by atoms with van der Waals surface area (Å²) in [6.45, 7) is 14.2. The van der Waals surface area contributed by atoms with Gasteiger partial charge in [-0.05, 0) is 27.7 Å². The molecule has 3 N–H and O–H groups in total. The molecule has 0 heterocycles. The molecule has 0 fully saturated rings. The standard InChI is InChI=1S/C8H20N.BH3O3.6FH/c1-5-9(6-2,7-3)8-4;2-1(3)4;;;;;;/h5-8H2,1-4H3;2-4H;6*1H/q+1;;;;;;;. The Morgan fingerprint density at radius 2 is 0.684 bits per heavy atom. The summed E-state index contributed by atoms with van der Waals surface area (Å²) in [5.74, 6) is 0. The number of hydrogen-bond donors (Lipinski definition) is 3. The van der Waals surface area contributed by atoms with E-state index in [1.807, 2.05) is 0 Å². The zero-order valence-corrected chi connectivity index (χ0v) is 11.6. The number of quaternary nitrogens is 1. The summed E-state index contributed by atoms with van der Waals surface area (Å²) in [5.41, 5.74) is 0. The third-order valence-corrected chi connectivity index (χ3v) is 2.68. The van der Waals surface area contributed by atoms with Crippen molar-refractivity contribution >= 4 is 7.32 Å². The summed E-state index contributed by atoms with van der Waals surface area (Å²) in [7, 11) is -2.17. The van der Waals surface area contributed by atoms with Gasteiger partial charge in [0.2, 0.25) is 0 Å². The molecule has 0 radical (unpaired) electrons. The second-order valence-corrected chi connectivity index (χ2v) is 2.95. The molecular weight excluding hydrogens is 283 g/mol. The number of hydrogen-bond acceptors (Lipinski definition) is 3. The minimum Gasteiger partial charge on any atom is -0.402 e. The minimum absolute atomic E-state index is 0. The van der Waals surface area contributed by atoms with Crippen molar-refractivity contribution in [2.45, 2.75) is 27.7 Å². The molecule has 0 unspecified atom stereocenters. The molecule has 0 aliphatic rings. The highest BCUT2D eigenvalue weighted by molar-refractivity contribution is 6.30. The van der Waals surface area contributed by atoms with Crippen LogP contribution in [-0.2, 0) is 0 Å². The highest BCUT2D eigenvalue weighted by atomic mass is 19.0. The van der Waals surface area contributed by atoms with E-state index in [0.717, 1.165) is 0 Å². The summed E-state index contributed by atoms with van der Waals surface area (Å²) in [6.07, 6.45) is 0. The summed E-state index contributed by atoms with van der Waals surface area (Å²) in [5, 5.41) is 21.5. The van der Waals surface area contributed by atoms with E-state index in [0.29, 0.717) is 0 Å². The molecule has 0 aromatic heterocycles. The van der Waals surface area contributed by atoms with Crippen LogP contribution in [0, 0.1) is 0 Å². The van der Waals surface area contributed by atoms with Crippen LogP contribution in [0.25, 0.3) is 0 Å². The lowest BCUT2D eigenvalue weighted by Crippen LogP contribution is -2.47. The van der Waals surface area contributed by atoms with Gasteiger partial charge < -0.3 is 19.6 Å². The Bertz CT molecular complexity index is 104. The predicted molar refractivity (Wildman–Crippen MR) is 69.9 cm³/mol. The van der Waals surface area contributed by atoms with Crippen LogP contribution in [0.1, 0.15) is 27.7 Å². The Morgan fingerprint density at radius 3 is 0.684 bits per heavy atom. The van der Waals surface area contributed by atoms with E-state index in [-0.39, 0.29) is 28.2 Å². The Hall–Kier alpha value is -0.515. The van der Waals surface area contributed by atoms with Crippen LogP contribution in [0.3, 0.4) is 0 Å². The van der Waals surface area contributed by atoms with Crippen molar-refractivity contribution in [1.82, 2.24) is 0 Å². The lowest BCUT2D eigenvalue weighted by atomic mass is 10.3. The maximum Gasteiger partial charge on any atom is 0.631 e. The van der Waals surface area contributed by atoms with E-state index in [1.54, 1.807) is 0 Å². The lowest BCUT2D eigenvalue weighted by Gasteiger charge is -2.34. The summed E-state index contributed by atoms with van der Waals surface area (Å²) >= 11 is 0. The number of halogens is 6. The average molecular weight is 312 g/mol. The molecule has 0 aromatic rings. The molecule has 0 saturated carbocycles. The van der Waals surface area contributed by atoms with Crippen molar-refractivity contribution in [1.29, 1.82) is 0 Å². The van der Waals surface area contributed by atoms with Crippen molar-refractivity contribution in [3.05, 3.63) is 0 Å². The highest BCUT2D eigenvalue weighted by Crippen LogP contribution is 2.03. The van der Waals surface area contributed by atoms with Crippen molar-refractivity contribution < 1.29 is 47.8 Å². The summed E-state index contributed by atoms with van der Waals surface area (Å²) in [6, 6.07) is 0. The average Bonchev–Trinajstić information content (AvgIpc) is 2.09. The topological polar surface area (TPSA) is 60.7 Å². The predicted octanol–water partition coefficient (Wildman–Crippen LogP) is 0.746. The fourth-order valence-electron chi connectivity index (χ4n) is 1.34. The number of nitrogens with zero attached hydrogens (tertiary/aromatic N) is 1. The van der Waals surface area contributed by atoms with Crippen LogP contribution in [0.4, 0.5) is 28.2 Å². The van der Waals surface area contributed by atoms with Gasteiger partial charge in [-0.25, -0.2) is 0 Å². The van der Waals surface area contributed by atoms with Gasteiger partial charge >= 0.3 is 7.32 Å². The smallest absolute Gasteiger partial charge is 0.402 e. The number of rotatable bonds is 4. The zero-order valence-electron chi connectivity index (χ0n) is 11.6. The van der Waals surface area contributed by atoms with Crippen molar-refractivity contribution in [3.63, 3.8) is 0 Å². The van der Waals surface area contributed by atoms with Gasteiger partial charge in [0.05, 0.1) is 26.2 Å². The van der Waals surface area contributed by atoms with Gasteiger partial charge in [-0.2, -0.15) is 0 Å². The first kappa shape index (κ1) is 51.4. The first-order valence-corrected chi connectivity index (χ1v) is 4.87. The Kier molecular flexibility index (Phi) is 82.5. The van der Waals surface area contributed by atoms with Gasteiger partial charge in [0.1, 0.15) is 0 Å². The van der Waals surface area contributed by atoms with E-state index in [4.69, 9.17) is 15.1 Å². The maximum atomic E-state index is 7.17. The molecule has 11 heteroatoms. The van der Waals surface area contributed by atoms with Crippen LogP contribution >= 0.6 is 0 Å². The first-order valence-electron chi connectivity index (χ1n) is 4.87. The Labute approximate surface area is 110 Å². The monoisotopic (exact) mass is 312 g/mol. The third-order valence-electron chi connectivity index (χ3n) is 2.68. The van der Waals surface area contributed by atoms with E-state index < -0.39 is 7.32 Å². The normalized spacial score (nSPS) is 7.11. The largest absolute Gasteiger partial charge is 0.631 e. The third kappa shape index (κ3) is 31.8. The van der Waals surface area contributed by atoms with E-state index in [2.05, 4.69) is 27.7 Å². The quantitative estimate of drug-likeness (QED) is 0.408. The SMILES string of the molecule is CC[N+](CC)(CC)CC.F.F.F.F.F.F.OB(O)O. The van der Waals surface area contributed by atoms with E-state index in [9.17, 15) is 0 Å². The van der Waals surface area contributed by atoms with Crippen molar-refractivity contribution in [3.8, 4) is 0 Å². The van der Waals surface area contributed by atoms with Crippen LogP contribution in [0.5, 0.6) is 0 Å². The van der Waals surface area contributed by atoms with Crippen LogP contribution < -0.4 is 0 Å². The molecule has 19 heavy (non-hydrogen) atoms. The first-order chi connectivity index (χ1) is 5.97. The van der Waals surface area contributed by atoms with Gasteiger partial charge in [-0.15, -0.1) is 0 Å². The van der Waals surface area contributed by atoms with Gasteiger partial charge in [0, 0.05) is 0 Å². The molecule has 0 saturated heterocycles. The Morgan fingerprint density at radius 1 is 0.579 bits per heavy atom. The molecule has 0 rings (SSSR count).